The number of hydrogen-bond donors (Lipinski definition) is 1. The summed E-state index contributed by atoms with van der Waals surface area (Å²) in [6, 6.07) is 5.42. The monoisotopic (exact) mass is 707 g/mol. The molecule has 288 valence electrons. The third kappa shape index (κ3) is 29.4. The maximum absolute atomic E-state index is 13.8. The summed E-state index contributed by atoms with van der Waals surface area (Å²) in [5, 5.41) is 9.94. The Labute approximate surface area is 306 Å². The minimum absolute atomic E-state index is 0.266. The van der Waals surface area contributed by atoms with Crippen LogP contribution in [-0.2, 0) is 19.8 Å². The van der Waals surface area contributed by atoms with Gasteiger partial charge in [-0.05, 0) is 37.0 Å². The number of unbranched alkanes of at least 4 members (excludes halogenated alkanes) is 30. The molecule has 0 saturated carbocycles. The molecule has 0 unspecified atom stereocenters. The maximum atomic E-state index is 13.8. The SMILES string of the molecule is CCCCCCCCCCCCCCCCCCOP(=O)(Cc1ccc(O)c(C)c1)OCCCCCCCCCCCCCCCCCC. The van der Waals surface area contributed by atoms with Gasteiger partial charge in [0.25, 0.3) is 0 Å². The Morgan fingerprint density at radius 3 is 1.04 bits per heavy atom. The zero-order chi connectivity index (χ0) is 35.5. The topological polar surface area (TPSA) is 55.8 Å². The normalized spacial score (nSPS) is 11.9. The molecule has 0 amide bonds. The summed E-state index contributed by atoms with van der Waals surface area (Å²) in [6.07, 6.45) is 43.0. The molecule has 49 heavy (non-hydrogen) atoms. The third-order valence-corrected chi connectivity index (χ3v) is 12.1. The van der Waals surface area contributed by atoms with Gasteiger partial charge in [0.15, 0.2) is 0 Å². The Morgan fingerprint density at radius 2 is 0.755 bits per heavy atom. The number of aryl methyl sites for hydroxylation is 1. The first kappa shape index (κ1) is 46.2. The van der Waals surface area contributed by atoms with Gasteiger partial charge in [-0.1, -0.05) is 219 Å². The molecule has 0 fully saturated rings. The highest BCUT2D eigenvalue weighted by molar-refractivity contribution is 7.53. The lowest BCUT2D eigenvalue weighted by atomic mass is 10.0. The second-order valence-electron chi connectivity index (χ2n) is 15.2. The molecule has 0 bridgehead atoms. The van der Waals surface area contributed by atoms with Crippen LogP contribution in [0.15, 0.2) is 18.2 Å². The largest absolute Gasteiger partial charge is 0.508 e. The van der Waals surface area contributed by atoms with Crippen molar-refractivity contribution >= 4 is 7.60 Å². The molecule has 0 atom stereocenters. The minimum atomic E-state index is -3.24. The molecule has 0 aliphatic heterocycles. The van der Waals surface area contributed by atoms with Crippen LogP contribution in [0, 0.1) is 6.92 Å². The lowest BCUT2D eigenvalue weighted by Crippen LogP contribution is -2.03. The highest BCUT2D eigenvalue weighted by atomic mass is 31.2. The fraction of sp³-hybridized carbons (Fsp3) is 0.864. The van der Waals surface area contributed by atoms with Crippen molar-refractivity contribution in [2.24, 2.45) is 0 Å². The Balaban J connectivity index is 2.14. The predicted molar refractivity (Wildman–Crippen MR) is 215 cm³/mol. The molecule has 0 spiro atoms. The van der Waals surface area contributed by atoms with Crippen molar-refractivity contribution < 1.29 is 18.7 Å². The Bertz CT molecular complexity index is 846. The Kier molecular flexibility index (Phi) is 32.3. The van der Waals surface area contributed by atoms with Crippen molar-refractivity contribution in [3.8, 4) is 5.75 Å². The lowest BCUT2D eigenvalue weighted by molar-refractivity contribution is 0.196. The molecule has 0 aliphatic carbocycles. The van der Waals surface area contributed by atoms with Gasteiger partial charge in [0, 0.05) is 0 Å². The first-order valence-electron chi connectivity index (χ1n) is 21.7. The van der Waals surface area contributed by atoms with Gasteiger partial charge < -0.3 is 14.2 Å². The standard InChI is InChI=1S/C44H83O4P/c1-4-6-8-10-12-14-16-18-20-22-24-26-28-30-32-34-38-47-49(46,41-43-36-37-44(45)42(3)40-43)48-39-35-33-31-29-27-25-23-21-19-17-15-13-11-9-7-5-2/h36-37,40,45H,4-35,38-39,41H2,1-3H3. The smallest absolute Gasteiger partial charge is 0.335 e. The van der Waals surface area contributed by atoms with Crippen molar-refractivity contribution in [1.82, 2.24) is 0 Å². The van der Waals surface area contributed by atoms with E-state index in [1.807, 2.05) is 19.1 Å². The fourth-order valence-electron chi connectivity index (χ4n) is 6.88. The summed E-state index contributed by atoms with van der Waals surface area (Å²) in [4.78, 5) is 0. The van der Waals surface area contributed by atoms with Gasteiger partial charge in [-0.25, -0.2) is 0 Å². The van der Waals surface area contributed by atoms with Crippen LogP contribution in [0.4, 0.5) is 0 Å². The zero-order valence-electron chi connectivity index (χ0n) is 33.1. The van der Waals surface area contributed by atoms with Crippen LogP contribution >= 0.6 is 7.60 Å². The fourth-order valence-corrected chi connectivity index (χ4v) is 8.59. The van der Waals surface area contributed by atoms with E-state index in [2.05, 4.69) is 13.8 Å². The highest BCUT2D eigenvalue weighted by Gasteiger charge is 2.25. The van der Waals surface area contributed by atoms with Crippen LogP contribution in [0.5, 0.6) is 5.75 Å². The summed E-state index contributed by atoms with van der Waals surface area (Å²) >= 11 is 0. The number of phenolic OH excluding ortho intramolecular Hbond substituents is 1. The van der Waals surface area contributed by atoms with Crippen LogP contribution in [0.3, 0.4) is 0 Å². The predicted octanol–water partition coefficient (Wildman–Crippen LogP) is 15.9. The van der Waals surface area contributed by atoms with Crippen LogP contribution < -0.4 is 0 Å². The number of hydrogen-bond acceptors (Lipinski definition) is 4. The molecule has 1 aromatic carbocycles. The molecular weight excluding hydrogens is 623 g/mol. The first-order chi connectivity index (χ1) is 24.0. The van der Waals surface area contributed by atoms with Gasteiger partial charge in [-0.2, -0.15) is 0 Å². The number of rotatable bonds is 38. The van der Waals surface area contributed by atoms with E-state index >= 15 is 0 Å². The molecule has 0 aliphatic rings. The second kappa shape index (κ2) is 34.3. The van der Waals surface area contributed by atoms with E-state index in [4.69, 9.17) is 9.05 Å². The van der Waals surface area contributed by atoms with Gasteiger partial charge in [0.05, 0.1) is 19.4 Å². The van der Waals surface area contributed by atoms with Gasteiger partial charge in [-0.3, -0.25) is 4.57 Å². The average molecular weight is 707 g/mol. The van der Waals surface area contributed by atoms with Gasteiger partial charge >= 0.3 is 7.60 Å². The minimum Gasteiger partial charge on any atom is -0.508 e. The van der Waals surface area contributed by atoms with Gasteiger partial charge in [-0.15, -0.1) is 0 Å². The number of aromatic hydroxyl groups is 1. The average Bonchev–Trinajstić information content (AvgIpc) is 3.09. The zero-order valence-corrected chi connectivity index (χ0v) is 34.0. The molecular formula is C44H83O4P. The highest BCUT2D eigenvalue weighted by Crippen LogP contribution is 2.52. The summed E-state index contributed by atoms with van der Waals surface area (Å²) in [6.45, 7) is 7.43. The number of phenols is 1. The number of benzene rings is 1. The molecule has 0 aromatic heterocycles. The lowest BCUT2D eigenvalue weighted by Gasteiger charge is -2.19. The van der Waals surface area contributed by atoms with E-state index in [0.717, 1.165) is 36.8 Å². The first-order valence-corrected chi connectivity index (χ1v) is 23.4. The van der Waals surface area contributed by atoms with Crippen LogP contribution in [0.25, 0.3) is 0 Å². The quantitative estimate of drug-likeness (QED) is 0.0549. The van der Waals surface area contributed by atoms with Crippen LogP contribution in [0.1, 0.15) is 230 Å². The molecule has 0 heterocycles. The summed E-state index contributed by atoms with van der Waals surface area (Å²) in [7, 11) is -3.24. The van der Waals surface area contributed by atoms with E-state index in [1.54, 1.807) is 6.07 Å². The van der Waals surface area contributed by atoms with E-state index in [0.29, 0.717) is 13.2 Å². The van der Waals surface area contributed by atoms with Crippen LogP contribution in [-0.4, -0.2) is 18.3 Å². The Morgan fingerprint density at radius 1 is 0.469 bits per heavy atom. The third-order valence-electron chi connectivity index (χ3n) is 10.2. The maximum Gasteiger partial charge on any atom is 0.335 e. The van der Waals surface area contributed by atoms with Gasteiger partial charge in [0.2, 0.25) is 0 Å². The van der Waals surface area contributed by atoms with Crippen molar-refractivity contribution in [1.29, 1.82) is 0 Å². The van der Waals surface area contributed by atoms with E-state index < -0.39 is 7.60 Å². The van der Waals surface area contributed by atoms with E-state index in [-0.39, 0.29) is 11.9 Å². The molecule has 0 radical (unpaired) electrons. The van der Waals surface area contributed by atoms with Crippen molar-refractivity contribution in [3.63, 3.8) is 0 Å². The second-order valence-corrected chi connectivity index (χ2v) is 17.2. The van der Waals surface area contributed by atoms with E-state index in [1.165, 1.54) is 180 Å². The molecule has 5 heteroatoms. The summed E-state index contributed by atoms with van der Waals surface area (Å²) in [5.41, 5.74) is 1.69. The molecule has 1 N–H and O–H groups in total. The summed E-state index contributed by atoms with van der Waals surface area (Å²) in [5.74, 6) is 0.266. The van der Waals surface area contributed by atoms with Crippen LogP contribution in [0.2, 0.25) is 0 Å². The van der Waals surface area contributed by atoms with Crippen molar-refractivity contribution in [3.05, 3.63) is 29.3 Å². The van der Waals surface area contributed by atoms with Gasteiger partial charge in [0.1, 0.15) is 5.75 Å². The summed E-state index contributed by atoms with van der Waals surface area (Å²) < 4.78 is 25.8. The molecule has 1 rings (SSSR count). The van der Waals surface area contributed by atoms with E-state index in [9.17, 15) is 9.67 Å². The molecule has 0 saturated heterocycles. The Hall–Kier alpha value is -0.830. The van der Waals surface area contributed by atoms with Crippen molar-refractivity contribution in [2.45, 2.75) is 232 Å². The van der Waals surface area contributed by atoms with Crippen molar-refractivity contribution in [2.75, 3.05) is 13.2 Å². The molecule has 1 aromatic rings. The molecule has 4 nitrogen and oxygen atoms in total.